The molecule has 8 N–H and O–H groups in total. The second kappa shape index (κ2) is 21.3. The molecule has 6 aromatic rings. The van der Waals surface area contributed by atoms with E-state index in [0.29, 0.717) is 61.2 Å². The highest BCUT2D eigenvalue weighted by atomic mass is 16.4. The van der Waals surface area contributed by atoms with Gasteiger partial charge in [-0.05, 0) is 95.9 Å². The number of aromatic hydroxyl groups is 1. The van der Waals surface area contributed by atoms with Crippen molar-refractivity contribution in [1.82, 2.24) is 25.8 Å². The van der Waals surface area contributed by atoms with Crippen molar-refractivity contribution in [2.45, 2.75) is 57.2 Å². The van der Waals surface area contributed by atoms with Gasteiger partial charge in [0.15, 0.2) is 0 Å². The number of nitrogens with zero attached hydrogens (tertiary/aromatic N) is 1. The van der Waals surface area contributed by atoms with E-state index < -0.39 is 12.2 Å². The highest BCUT2D eigenvalue weighted by Gasteiger charge is 2.25. The number of hydrogen-bond donors (Lipinski definition) is 8. The zero-order valence-corrected chi connectivity index (χ0v) is 35.1. The molecule has 2 heterocycles. The normalized spacial score (nSPS) is 13.7. The Balaban J connectivity index is 0.786. The highest BCUT2D eigenvalue weighted by molar-refractivity contribution is 5.92. The molecule has 1 fully saturated rings. The lowest BCUT2D eigenvalue weighted by atomic mass is 9.86. The van der Waals surface area contributed by atoms with Crippen LogP contribution in [-0.2, 0) is 35.5 Å². The van der Waals surface area contributed by atoms with Gasteiger partial charge in [0.25, 0.3) is 0 Å². The first-order valence-electron chi connectivity index (χ1n) is 21.4. The van der Waals surface area contributed by atoms with E-state index in [9.17, 15) is 34.5 Å². The molecule has 1 saturated heterocycles. The summed E-state index contributed by atoms with van der Waals surface area (Å²) >= 11 is 0. The van der Waals surface area contributed by atoms with Gasteiger partial charge < -0.3 is 41.2 Å². The number of fused-ring (bicyclic) bond motifs is 1. The summed E-state index contributed by atoms with van der Waals surface area (Å²) in [6.45, 7) is 3.99. The number of carboxylic acid groups (broad SMARTS) is 1. The van der Waals surface area contributed by atoms with Crippen LogP contribution in [0.4, 0.5) is 10.5 Å². The van der Waals surface area contributed by atoms with Crippen LogP contribution in [0.15, 0.2) is 126 Å². The first kappa shape index (κ1) is 44.3. The number of anilines is 1. The minimum atomic E-state index is -1.08. The molecule has 13 heteroatoms. The average Bonchev–Trinajstić information content (AvgIpc) is 3.29. The fourth-order valence-electron chi connectivity index (χ4n) is 8.28. The molecule has 0 unspecified atom stereocenters. The lowest BCUT2D eigenvalue weighted by Crippen LogP contribution is -2.36. The molecule has 63 heavy (non-hydrogen) atoms. The molecule has 0 aliphatic carbocycles. The van der Waals surface area contributed by atoms with Crippen LogP contribution in [0.3, 0.4) is 0 Å². The van der Waals surface area contributed by atoms with Gasteiger partial charge >= 0.3 is 6.09 Å². The third-order valence-electron chi connectivity index (χ3n) is 11.6. The molecule has 326 valence electrons. The first-order valence-corrected chi connectivity index (χ1v) is 21.4. The number of carbonyl (C=O) groups is 3. The van der Waals surface area contributed by atoms with E-state index in [0.717, 1.165) is 64.9 Å². The number of pyridine rings is 1. The Morgan fingerprint density at radius 3 is 2.25 bits per heavy atom. The largest absolute Gasteiger partial charge is 0.506 e. The molecule has 0 spiro atoms. The number of likely N-dealkylation sites (tertiary alicyclic amines) is 1. The minimum absolute atomic E-state index is 0.0250. The Morgan fingerprint density at radius 1 is 0.762 bits per heavy atom. The summed E-state index contributed by atoms with van der Waals surface area (Å²) in [5.74, 6) is 0.0401. The van der Waals surface area contributed by atoms with Crippen LogP contribution in [0.5, 0.6) is 5.75 Å². The van der Waals surface area contributed by atoms with Crippen molar-refractivity contribution in [2.75, 3.05) is 38.0 Å². The molecule has 0 saturated carbocycles. The Labute approximate surface area is 366 Å². The van der Waals surface area contributed by atoms with E-state index in [-0.39, 0.29) is 42.0 Å². The van der Waals surface area contributed by atoms with Gasteiger partial charge in [0, 0.05) is 49.6 Å². The van der Waals surface area contributed by atoms with Crippen molar-refractivity contribution >= 4 is 34.5 Å². The molecular formula is C50H54N6O7. The van der Waals surface area contributed by atoms with Crippen molar-refractivity contribution in [3.05, 3.63) is 165 Å². The zero-order valence-electron chi connectivity index (χ0n) is 35.1. The highest BCUT2D eigenvalue weighted by Crippen LogP contribution is 2.39. The number of aromatic nitrogens is 1. The van der Waals surface area contributed by atoms with Crippen LogP contribution in [0.2, 0.25) is 0 Å². The van der Waals surface area contributed by atoms with Gasteiger partial charge in [0.05, 0.1) is 23.7 Å². The summed E-state index contributed by atoms with van der Waals surface area (Å²) < 4.78 is 0. The van der Waals surface area contributed by atoms with Gasteiger partial charge in [0.1, 0.15) is 5.75 Å². The predicted octanol–water partition coefficient (Wildman–Crippen LogP) is 6.60. The van der Waals surface area contributed by atoms with Gasteiger partial charge in [-0.2, -0.15) is 0 Å². The van der Waals surface area contributed by atoms with Crippen molar-refractivity contribution in [3.8, 4) is 16.9 Å². The summed E-state index contributed by atoms with van der Waals surface area (Å²) in [6, 6.07) is 37.5. The summed E-state index contributed by atoms with van der Waals surface area (Å²) in [7, 11) is 0. The number of para-hydroxylation sites is 1. The zero-order chi connectivity index (χ0) is 44.1. The third kappa shape index (κ3) is 12.2. The number of amides is 3. The van der Waals surface area contributed by atoms with Crippen LogP contribution in [0.25, 0.3) is 22.0 Å². The van der Waals surface area contributed by atoms with Crippen molar-refractivity contribution in [2.24, 2.45) is 0 Å². The fourth-order valence-corrected chi connectivity index (χ4v) is 8.28. The summed E-state index contributed by atoms with van der Waals surface area (Å²) in [5.41, 5.74) is 7.95. The van der Waals surface area contributed by atoms with Gasteiger partial charge in [-0.1, -0.05) is 103 Å². The number of aromatic amines is 1. The van der Waals surface area contributed by atoms with Crippen molar-refractivity contribution < 1.29 is 29.7 Å². The predicted molar refractivity (Wildman–Crippen MR) is 245 cm³/mol. The third-order valence-corrected chi connectivity index (χ3v) is 11.6. The van der Waals surface area contributed by atoms with Gasteiger partial charge in [-0.3, -0.25) is 19.7 Å². The molecule has 1 aliphatic heterocycles. The maximum atomic E-state index is 12.8. The van der Waals surface area contributed by atoms with E-state index in [2.05, 4.69) is 37.2 Å². The molecule has 7 rings (SSSR count). The standard InChI is InChI=1S/C50H54N6O7/c57-43-18-16-41(42-17-19-46(60)54-49(42)43)44(58)32-51-24-20-33-6-4-7-36(28-33)31-53-47(61)29-34-12-14-35(15-13-34)30-52-45(59)23-27-56-25-21-38(22-26-56)40-11-5-10-39(48(40)55-50(62)63)37-8-2-1-3-9-37/h1-19,28,38,44,51,55,57-58H,20-27,29-32H2,(H,52,59)(H,53,61)(H,54,60)(H,62,63)/t44-/m0/s1. The molecule has 0 radical (unpaired) electrons. The Kier molecular flexibility index (Phi) is 15.0. The van der Waals surface area contributed by atoms with Crippen LogP contribution < -0.4 is 26.8 Å². The molecule has 1 aliphatic rings. The number of aliphatic hydroxyl groups excluding tert-OH is 1. The number of phenolic OH excluding ortho intramolecular Hbond substituents is 1. The molecule has 5 aromatic carbocycles. The molecule has 1 atom stereocenters. The van der Waals surface area contributed by atoms with Crippen LogP contribution in [0, 0.1) is 0 Å². The summed E-state index contributed by atoms with van der Waals surface area (Å²) in [5, 5.41) is 43.2. The Hall–Kier alpha value is -6.80. The molecule has 0 bridgehead atoms. The summed E-state index contributed by atoms with van der Waals surface area (Å²) in [4.78, 5) is 54.0. The molecule has 13 nitrogen and oxygen atoms in total. The minimum Gasteiger partial charge on any atom is -0.506 e. The van der Waals surface area contributed by atoms with Gasteiger partial charge in [-0.15, -0.1) is 0 Å². The number of piperidine rings is 1. The molecular weight excluding hydrogens is 797 g/mol. The first-order chi connectivity index (χ1) is 30.6. The lowest BCUT2D eigenvalue weighted by molar-refractivity contribution is -0.122. The van der Waals surface area contributed by atoms with Gasteiger partial charge in [0.2, 0.25) is 17.4 Å². The Morgan fingerprint density at radius 2 is 1.48 bits per heavy atom. The molecule has 3 amide bonds. The number of rotatable bonds is 18. The van der Waals surface area contributed by atoms with Crippen LogP contribution in [0.1, 0.15) is 64.7 Å². The van der Waals surface area contributed by atoms with Crippen molar-refractivity contribution in [1.29, 1.82) is 0 Å². The van der Waals surface area contributed by atoms with Crippen LogP contribution >= 0.6 is 0 Å². The number of phenols is 1. The van der Waals surface area contributed by atoms with Crippen LogP contribution in [-0.4, -0.2) is 75.8 Å². The average molecular weight is 851 g/mol. The fraction of sp³-hybridized carbons (Fsp3) is 0.280. The number of nitrogens with one attached hydrogen (secondary N) is 5. The number of carbonyl (C=O) groups excluding carboxylic acids is 2. The smallest absolute Gasteiger partial charge is 0.409 e. The SMILES string of the molecule is O=C(O)Nc1c(-c2ccccc2)cccc1C1CCN(CCC(=O)NCc2ccc(CC(=O)NCc3cccc(CCNC[C@H](O)c4ccc(O)c5[nH]c(=O)ccc45)c3)cc2)CC1. The number of aliphatic hydroxyl groups is 1. The second-order valence-corrected chi connectivity index (χ2v) is 16.1. The number of benzene rings is 5. The summed E-state index contributed by atoms with van der Waals surface area (Å²) in [6.07, 6.45) is 1.15. The number of H-pyrrole nitrogens is 1. The lowest BCUT2D eigenvalue weighted by Gasteiger charge is -2.33. The second-order valence-electron chi connectivity index (χ2n) is 16.1. The topological polar surface area (TPSA) is 196 Å². The number of hydrogen-bond acceptors (Lipinski definition) is 8. The van der Waals surface area contributed by atoms with E-state index in [4.69, 9.17) is 0 Å². The van der Waals surface area contributed by atoms with E-state index in [1.165, 1.54) is 12.1 Å². The Bertz CT molecular complexity index is 2570. The maximum Gasteiger partial charge on any atom is 0.409 e. The van der Waals surface area contributed by atoms with E-state index >= 15 is 0 Å². The maximum absolute atomic E-state index is 12.8. The van der Waals surface area contributed by atoms with E-state index in [1.807, 2.05) is 91.0 Å². The van der Waals surface area contributed by atoms with E-state index in [1.54, 1.807) is 12.1 Å². The van der Waals surface area contributed by atoms with Gasteiger partial charge in [-0.25, -0.2) is 4.79 Å². The quantitative estimate of drug-likeness (QED) is 0.0440. The monoisotopic (exact) mass is 850 g/mol. The van der Waals surface area contributed by atoms with Crippen molar-refractivity contribution in [3.63, 3.8) is 0 Å². The molecule has 1 aromatic heterocycles.